The fourth-order valence-electron chi connectivity index (χ4n) is 5.35. The summed E-state index contributed by atoms with van der Waals surface area (Å²) in [6.45, 7) is 8.73. The third-order valence-corrected chi connectivity index (χ3v) is 7.10. The van der Waals surface area contributed by atoms with Crippen molar-refractivity contribution in [1.29, 1.82) is 0 Å². The van der Waals surface area contributed by atoms with Crippen LogP contribution in [0.5, 0.6) is 0 Å². The standard InChI is InChI=1S/C28H34N4O3/c33-28(29-34)10-8-22-7-9-26-24(19-22)25-21-31(20-23-5-2-1-3-6-23)14-11-27(25)32(26)13-4-12-30-15-17-35-18-16-30/h1-3,5-10,19,34H,4,11-18,20-21H2,(H,29,33)/b10-8+. The van der Waals surface area contributed by atoms with Crippen LogP contribution >= 0.6 is 0 Å². The molecule has 7 heteroatoms. The van der Waals surface area contributed by atoms with Crippen LogP contribution in [0.2, 0.25) is 0 Å². The topological polar surface area (TPSA) is 70.0 Å². The van der Waals surface area contributed by atoms with E-state index < -0.39 is 5.91 Å². The first kappa shape index (κ1) is 23.8. The summed E-state index contributed by atoms with van der Waals surface area (Å²) in [5.41, 5.74) is 8.06. The SMILES string of the molecule is O=C(/C=C/c1ccc2c(c1)c1c(n2CCCN2CCOCC2)CCN(Cc2ccccc2)C1)NO. The first-order valence-corrected chi connectivity index (χ1v) is 12.5. The average Bonchev–Trinajstić information content (AvgIpc) is 3.21. The highest BCUT2D eigenvalue weighted by molar-refractivity contribution is 5.93. The van der Waals surface area contributed by atoms with Crippen LogP contribution in [0.4, 0.5) is 0 Å². The molecule has 35 heavy (non-hydrogen) atoms. The molecule has 0 aliphatic carbocycles. The predicted molar refractivity (Wildman–Crippen MR) is 137 cm³/mol. The van der Waals surface area contributed by atoms with Gasteiger partial charge in [-0.1, -0.05) is 36.4 Å². The lowest BCUT2D eigenvalue weighted by Gasteiger charge is -2.29. The van der Waals surface area contributed by atoms with E-state index in [-0.39, 0.29) is 0 Å². The fourth-order valence-corrected chi connectivity index (χ4v) is 5.35. The van der Waals surface area contributed by atoms with Gasteiger partial charge in [-0.2, -0.15) is 0 Å². The normalized spacial score (nSPS) is 17.2. The molecule has 7 nitrogen and oxygen atoms in total. The van der Waals surface area contributed by atoms with Crippen LogP contribution in [0.15, 0.2) is 54.6 Å². The van der Waals surface area contributed by atoms with Gasteiger partial charge < -0.3 is 9.30 Å². The van der Waals surface area contributed by atoms with Gasteiger partial charge in [0.05, 0.1) is 13.2 Å². The number of hydroxylamine groups is 1. The van der Waals surface area contributed by atoms with E-state index in [0.29, 0.717) is 0 Å². The number of morpholine rings is 1. The molecule has 1 aromatic heterocycles. The van der Waals surface area contributed by atoms with Crippen LogP contribution in [0, 0.1) is 0 Å². The summed E-state index contributed by atoms with van der Waals surface area (Å²) in [4.78, 5) is 16.5. The summed E-state index contributed by atoms with van der Waals surface area (Å²) >= 11 is 0. The van der Waals surface area contributed by atoms with Crippen LogP contribution in [-0.4, -0.2) is 64.9 Å². The van der Waals surface area contributed by atoms with E-state index in [1.807, 2.05) is 0 Å². The van der Waals surface area contributed by atoms with Crippen LogP contribution in [0.1, 0.15) is 28.8 Å². The van der Waals surface area contributed by atoms with E-state index >= 15 is 0 Å². The second-order valence-corrected chi connectivity index (χ2v) is 9.42. The number of carbonyl (C=O) groups excluding carboxylic acids is 1. The second kappa shape index (κ2) is 11.2. The van der Waals surface area contributed by atoms with Crippen molar-refractivity contribution in [3.63, 3.8) is 0 Å². The quantitative estimate of drug-likeness (QED) is 0.297. The zero-order chi connectivity index (χ0) is 24.0. The highest BCUT2D eigenvalue weighted by Crippen LogP contribution is 2.33. The molecule has 2 aliphatic rings. The minimum atomic E-state index is -0.526. The third kappa shape index (κ3) is 5.65. The van der Waals surface area contributed by atoms with Gasteiger partial charge in [0.2, 0.25) is 0 Å². The number of benzene rings is 2. The van der Waals surface area contributed by atoms with Gasteiger partial charge in [0.25, 0.3) is 5.91 Å². The summed E-state index contributed by atoms with van der Waals surface area (Å²) in [6.07, 6.45) is 5.25. The molecule has 184 valence electrons. The van der Waals surface area contributed by atoms with Crippen molar-refractivity contribution < 1.29 is 14.7 Å². The van der Waals surface area contributed by atoms with Crippen LogP contribution in [-0.2, 0) is 35.6 Å². The van der Waals surface area contributed by atoms with Crippen molar-refractivity contribution in [3.8, 4) is 0 Å². The van der Waals surface area contributed by atoms with Crippen LogP contribution in [0.3, 0.4) is 0 Å². The van der Waals surface area contributed by atoms with E-state index in [0.717, 1.165) is 77.4 Å². The van der Waals surface area contributed by atoms with Crippen LogP contribution in [0.25, 0.3) is 17.0 Å². The molecule has 0 saturated carbocycles. The Morgan fingerprint density at radius 2 is 1.86 bits per heavy atom. The number of aromatic nitrogens is 1. The first-order chi connectivity index (χ1) is 17.2. The lowest BCUT2D eigenvalue weighted by Crippen LogP contribution is -2.37. The Morgan fingerprint density at radius 3 is 2.66 bits per heavy atom. The number of amides is 1. The molecule has 3 heterocycles. The highest BCUT2D eigenvalue weighted by Gasteiger charge is 2.24. The maximum atomic E-state index is 11.5. The molecule has 3 aromatic rings. The van der Waals surface area contributed by atoms with Gasteiger partial charge in [-0.25, -0.2) is 5.48 Å². The summed E-state index contributed by atoms with van der Waals surface area (Å²) in [6, 6.07) is 17.1. The number of fused-ring (bicyclic) bond motifs is 3. The molecular formula is C28H34N4O3. The Bertz CT molecular complexity index is 1180. The largest absolute Gasteiger partial charge is 0.379 e. The average molecular weight is 475 g/mol. The molecule has 2 aliphatic heterocycles. The summed E-state index contributed by atoms with van der Waals surface area (Å²) in [5.74, 6) is -0.526. The number of nitrogens with zero attached hydrogens (tertiary/aromatic N) is 3. The zero-order valence-electron chi connectivity index (χ0n) is 20.2. The van der Waals surface area contributed by atoms with Gasteiger partial charge in [-0.15, -0.1) is 0 Å². The molecule has 0 spiro atoms. The molecule has 5 rings (SSSR count). The van der Waals surface area contributed by atoms with E-state index in [2.05, 4.69) is 62.9 Å². The van der Waals surface area contributed by atoms with E-state index in [9.17, 15) is 4.79 Å². The highest BCUT2D eigenvalue weighted by atomic mass is 16.5. The van der Waals surface area contributed by atoms with Crippen LogP contribution < -0.4 is 5.48 Å². The number of aryl methyl sites for hydroxylation is 1. The van der Waals surface area contributed by atoms with Crippen molar-refractivity contribution in [2.24, 2.45) is 0 Å². The molecular weight excluding hydrogens is 440 g/mol. The Labute approximate surface area is 206 Å². The van der Waals surface area contributed by atoms with Crippen molar-refractivity contribution in [2.75, 3.05) is 39.4 Å². The Kier molecular flexibility index (Phi) is 7.59. The maximum absolute atomic E-state index is 11.5. The van der Waals surface area contributed by atoms with Gasteiger partial charge in [0, 0.05) is 74.9 Å². The molecule has 0 atom stereocenters. The van der Waals surface area contributed by atoms with Gasteiger partial charge in [-0.05, 0) is 41.3 Å². The molecule has 2 N–H and O–H groups in total. The zero-order valence-corrected chi connectivity index (χ0v) is 20.2. The van der Waals surface area contributed by atoms with Gasteiger partial charge in [0.15, 0.2) is 0 Å². The summed E-state index contributed by atoms with van der Waals surface area (Å²) in [5, 5.41) is 10.1. The lowest BCUT2D eigenvalue weighted by molar-refractivity contribution is -0.124. The number of hydrogen-bond acceptors (Lipinski definition) is 5. The summed E-state index contributed by atoms with van der Waals surface area (Å²) in [7, 11) is 0. The van der Waals surface area contributed by atoms with Gasteiger partial charge in [-0.3, -0.25) is 19.8 Å². The van der Waals surface area contributed by atoms with Crippen molar-refractivity contribution >= 4 is 22.9 Å². The number of rotatable bonds is 8. The minimum Gasteiger partial charge on any atom is -0.379 e. The maximum Gasteiger partial charge on any atom is 0.267 e. The molecule has 0 bridgehead atoms. The Hall–Kier alpha value is -2.97. The smallest absolute Gasteiger partial charge is 0.267 e. The van der Waals surface area contributed by atoms with Crippen molar-refractivity contribution in [2.45, 2.75) is 32.5 Å². The molecule has 2 aromatic carbocycles. The second-order valence-electron chi connectivity index (χ2n) is 9.42. The minimum absolute atomic E-state index is 0.526. The third-order valence-electron chi connectivity index (χ3n) is 7.10. The molecule has 1 amide bonds. The molecule has 0 unspecified atom stereocenters. The van der Waals surface area contributed by atoms with E-state index in [4.69, 9.17) is 9.94 Å². The van der Waals surface area contributed by atoms with Crippen molar-refractivity contribution in [1.82, 2.24) is 19.8 Å². The van der Waals surface area contributed by atoms with E-state index in [1.54, 1.807) is 11.6 Å². The number of hydrogen-bond donors (Lipinski definition) is 2. The van der Waals surface area contributed by atoms with Crippen molar-refractivity contribution in [3.05, 3.63) is 77.0 Å². The number of ether oxygens (including phenoxy) is 1. The first-order valence-electron chi connectivity index (χ1n) is 12.5. The lowest BCUT2D eigenvalue weighted by atomic mass is 10.0. The van der Waals surface area contributed by atoms with Gasteiger partial charge in [0.1, 0.15) is 0 Å². The Morgan fingerprint density at radius 1 is 1.03 bits per heavy atom. The predicted octanol–water partition coefficient (Wildman–Crippen LogP) is 3.44. The van der Waals surface area contributed by atoms with E-state index in [1.165, 1.54) is 33.8 Å². The monoisotopic (exact) mass is 474 g/mol. The number of nitrogens with one attached hydrogen (secondary N) is 1. The molecule has 0 radical (unpaired) electrons. The molecule has 1 fully saturated rings. The number of carbonyl (C=O) groups is 1. The van der Waals surface area contributed by atoms with Gasteiger partial charge >= 0.3 is 0 Å². The Balaban J connectivity index is 1.41. The fraction of sp³-hybridized carbons (Fsp3) is 0.393. The summed E-state index contributed by atoms with van der Waals surface area (Å²) < 4.78 is 8.02. The molecule has 1 saturated heterocycles.